The number of fused-ring (bicyclic) bond motifs is 1. The molecule has 2 atom stereocenters. The van der Waals surface area contributed by atoms with Gasteiger partial charge in [-0.15, -0.1) is 0 Å². The number of carboxylic acids is 1. The van der Waals surface area contributed by atoms with Crippen LogP contribution in [0.3, 0.4) is 0 Å². The van der Waals surface area contributed by atoms with Gasteiger partial charge in [0, 0.05) is 17.8 Å². The Morgan fingerprint density at radius 3 is 2.63 bits per heavy atom. The van der Waals surface area contributed by atoms with Crippen molar-refractivity contribution in [3.8, 4) is 5.75 Å². The highest BCUT2D eigenvalue weighted by Gasteiger charge is 2.31. The average molecular weight is 475 g/mol. The molecule has 3 rings (SSSR count). The SMILES string of the molecule is C=C/C(=C\C=C/C)C(Oc1ccc(CN2C(=O)c3cc(C)ccc3NC2CCCC)cc1)C(=O)O. The van der Waals surface area contributed by atoms with Crippen molar-refractivity contribution in [1.29, 1.82) is 0 Å². The van der Waals surface area contributed by atoms with E-state index in [1.54, 1.807) is 30.4 Å². The number of amides is 1. The van der Waals surface area contributed by atoms with Gasteiger partial charge >= 0.3 is 5.97 Å². The van der Waals surface area contributed by atoms with Gasteiger partial charge in [-0.1, -0.05) is 68.0 Å². The van der Waals surface area contributed by atoms with Gasteiger partial charge in [0.05, 0.1) is 5.56 Å². The summed E-state index contributed by atoms with van der Waals surface area (Å²) in [5.74, 6) is -0.650. The molecular formula is C29H34N2O4. The van der Waals surface area contributed by atoms with Crippen LogP contribution in [0.4, 0.5) is 5.69 Å². The molecule has 2 aromatic carbocycles. The van der Waals surface area contributed by atoms with E-state index in [4.69, 9.17) is 4.74 Å². The summed E-state index contributed by atoms with van der Waals surface area (Å²) in [6.07, 6.45) is 8.38. The molecule has 2 aromatic rings. The zero-order chi connectivity index (χ0) is 25.4. The van der Waals surface area contributed by atoms with Crippen LogP contribution in [0.25, 0.3) is 0 Å². The predicted molar refractivity (Wildman–Crippen MR) is 140 cm³/mol. The number of aryl methyl sites for hydroxylation is 1. The molecule has 0 saturated carbocycles. The molecule has 1 aliphatic rings. The molecule has 0 radical (unpaired) electrons. The summed E-state index contributed by atoms with van der Waals surface area (Å²) in [5, 5.41) is 13.2. The minimum absolute atomic E-state index is 0.0135. The van der Waals surface area contributed by atoms with Crippen LogP contribution < -0.4 is 10.1 Å². The molecule has 1 aliphatic heterocycles. The number of hydrogen-bond donors (Lipinski definition) is 2. The lowest BCUT2D eigenvalue weighted by atomic mass is 10.0. The van der Waals surface area contributed by atoms with Gasteiger partial charge in [0.25, 0.3) is 5.91 Å². The van der Waals surface area contributed by atoms with Crippen LogP contribution in [0.1, 0.15) is 54.6 Å². The number of carbonyl (C=O) groups excluding carboxylic acids is 1. The third-order valence-corrected chi connectivity index (χ3v) is 5.97. The molecule has 6 nitrogen and oxygen atoms in total. The Morgan fingerprint density at radius 1 is 1.26 bits per heavy atom. The normalized spacial score (nSPS) is 16.5. The zero-order valence-electron chi connectivity index (χ0n) is 20.7. The standard InChI is InChI=1S/C29H34N2O4/c1-5-8-10-22(7-3)27(29(33)34)35-23-15-13-21(14-16-23)19-31-26(11-9-6-2)30-25-17-12-20(4)18-24(25)28(31)32/h5,7-8,10,12-18,26-27,30H,3,6,9,11,19H2,1-2,4H3,(H,33,34)/b8-5-,22-10+. The van der Waals surface area contributed by atoms with E-state index in [1.165, 1.54) is 6.08 Å². The number of allylic oxidation sites excluding steroid dienone is 3. The van der Waals surface area contributed by atoms with Crippen LogP contribution in [0.5, 0.6) is 5.75 Å². The zero-order valence-corrected chi connectivity index (χ0v) is 20.7. The van der Waals surface area contributed by atoms with Crippen molar-refractivity contribution in [2.75, 3.05) is 5.32 Å². The Bertz CT molecular complexity index is 1120. The van der Waals surface area contributed by atoms with Crippen molar-refractivity contribution >= 4 is 17.6 Å². The van der Waals surface area contributed by atoms with Gasteiger partial charge in [0.15, 0.2) is 0 Å². The van der Waals surface area contributed by atoms with Crippen LogP contribution in [-0.2, 0) is 11.3 Å². The van der Waals surface area contributed by atoms with Crippen molar-refractivity contribution in [3.05, 3.63) is 95.6 Å². The van der Waals surface area contributed by atoms with Gasteiger partial charge in [0.1, 0.15) is 11.9 Å². The maximum Gasteiger partial charge on any atom is 0.349 e. The van der Waals surface area contributed by atoms with E-state index >= 15 is 0 Å². The lowest BCUT2D eigenvalue weighted by Gasteiger charge is -2.38. The number of benzene rings is 2. The molecule has 1 heterocycles. The largest absolute Gasteiger partial charge is 0.478 e. The van der Waals surface area contributed by atoms with Gasteiger partial charge in [-0.2, -0.15) is 0 Å². The molecular weight excluding hydrogens is 440 g/mol. The summed E-state index contributed by atoms with van der Waals surface area (Å²) in [4.78, 5) is 27.1. The Kier molecular flexibility index (Phi) is 8.90. The number of unbranched alkanes of at least 4 members (excludes halogenated alkanes) is 1. The number of carboxylic acid groups (broad SMARTS) is 1. The van der Waals surface area contributed by atoms with Gasteiger partial charge in [0.2, 0.25) is 6.10 Å². The fourth-order valence-electron chi connectivity index (χ4n) is 4.06. The van der Waals surface area contributed by atoms with E-state index in [2.05, 4.69) is 18.8 Å². The molecule has 0 aromatic heterocycles. The van der Waals surface area contributed by atoms with Crippen LogP contribution in [0.2, 0.25) is 0 Å². The average Bonchev–Trinajstić information content (AvgIpc) is 2.85. The molecule has 0 saturated heterocycles. The van der Waals surface area contributed by atoms with Crippen LogP contribution in [-0.4, -0.2) is 34.2 Å². The van der Waals surface area contributed by atoms with E-state index in [0.29, 0.717) is 23.4 Å². The van der Waals surface area contributed by atoms with Gasteiger partial charge in [-0.3, -0.25) is 4.79 Å². The second kappa shape index (κ2) is 12.1. The molecule has 2 N–H and O–H groups in total. The Morgan fingerprint density at radius 2 is 2.00 bits per heavy atom. The molecule has 2 unspecified atom stereocenters. The lowest BCUT2D eigenvalue weighted by molar-refractivity contribution is -0.143. The third-order valence-electron chi connectivity index (χ3n) is 5.97. The van der Waals surface area contributed by atoms with Gasteiger partial charge < -0.3 is 20.1 Å². The lowest BCUT2D eigenvalue weighted by Crippen LogP contribution is -2.48. The number of hydrogen-bond acceptors (Lipinski definition) is 4. The summed E-state index contributed by atoms with van der Waals surface area (Å²) in [6, 6.07) is 13.1. The second-order valence-electron chi connectivity index (χ2n) is 8.66. The third kappa shape index (κ3) is 6.41. The quantitative estimate of drug-likeness (QED) is 0.385. The fraction of sp³-hybridized carbons (Fsp3) is 0.310. The Labute approximate surface area is 207 Å². The van der Waals surface area contributed by atoms with E-state index in [1.807, 2.05) is 49.1 Å². The number of anilines is 1. The topological polar surface area (TPSA) is 78.9 Å². The Balaban J connectivity index is 1.79. The minimum atomic E-state index is -1.17. The summed E-state index contributed by atoms with van der Waals surface area (Å²) in [6.45, 7) is 10.1. The highest BCUT2D eigenvalue weighted by Crippen LogP contribution is 2.30. The molecule has 0 bridgehead atoms. The van der Waals surface area contributed by atoms with Crippen LogP contribution >= 0.6 is 0 Å². The predicted octanol–water partition coefficient (Wildman–Crippen LogP) is 6.10. The van der Waals surface area contributed by atoms with E-state index in [-0.39, 0.29) is 12.1 Å². The van der Waals surface area contributed by atoms with Crippen molar-refractivity contribution in [1.82, 2.24) is 4.90 Å². The number of nitrogens with zero attached hydrogens (tertiary/aromatic N) is 1. The number of carbonyl (C=O) groups is 2. The monoisotopic (exact) mass is 474 g/mol. The molecule has 0 fully saturated rings. The maximum atomic E-state index is 13.4. The van der Waals surface area contributed by atoms with Crippen molar-refractivity contribution in [3.63, 3.8) is 0 Å². The highest BCUT2D eigenvalue weighted by molar-refractivity contribution is 6.01. The van der Waals surface area contributed by atoms with Crippen LogP contribution in [0, 0.1) is 6.92 Å². The number of nitrogens with one attached hydrogen (secondary N) is 1. The first kappa shape index (κ1) is 25.8. The van der Waals surface area contributed by atoms with Gasteiger partial charge in [-0.05, 0) is 56.5 Å². The fourth-order valence-corrected chi connectivity index (χ4v) is 4.06. The van der Waals surface area contributed by atoms with Crippen molar-refractivity contribution in [2.45, 2.75) is 58.8 Å². The smallest absolute Gasteiger partial charge is 0.349 e. The molecule has 1 amide bonds. The number of ether oxygens (including phenoxy) is 1. The summed E-state index contributed by atoms with van der Waals surface area (Å²) in [7, 11) is 0. The Hall–Kier alpha value is -3.80. The van der Waals surface area contributed by atoms with E-state index in [9.17, 15) is 14.7 Å². The molecule has 184 valence electrons. The summed E-state index contributed by atoms with van der Waals surface area (Å²) >= 11 is 0. The van der Waals surface area contributed by atoms with Crippen molar-refractivity contribution < 1.29 is 19.4 Å². The van der Waals surface area contributed by atoms with Crippen LogP contribution in [0.15, 0.2) is 78.9 Å². The first-order valence-electron chi connectivity index (χ1n) is 12.0. The number of aliphatic carboxylic acids is 1. The molecule has 6 heteroatoms. The maximum absolute atomic E-state index is 13.4. The summed E-state index contributed by atoms with van der Waals surface area (Å²) in [5.41, 5.74) is 4.00. The first-order chi connectivity index (χ1) is 16.9. The van der Waals surface area contributed by atoms with E-state index in [0.717, 1.165) is 36.1 Å². The second-order valence-corrected chi connectivity index (χ2v) is 8.66. The first-order valence-corrected chi connectivity index (χ1v) is 12.0. The molecule has 0 spiro atoms. The highest BCUT2D eigenvalue weighted by atomic mass is 16.5. The van der Waals surface area contributed by atoms with Crippen molar-refractivity contribution in [2.24, 2.45) is 0 Å². The van der Waals surface area contributed by atoms with Gasteiger partial charge in [-0.25, -0.2) is 4.79 Å². The molecule has 0 aliphatic carbocycles. The number of rotatable bonds is 11. The van der Waals surface area contributed by atoms with E-state index < -0.39 is 12.1 Å². The molecule has 35 heavy (non-hydrogen) atoms. The summed E-state index contributed by atoms with van der Waals surface area (Å²) < 4.78 is 5.76. The minimum Gasteiger partial charge on any atom is -0.478 e.